The summed E-state index contributed by atoms with van der Waals surface area (Å²) < 4.78 is 4.50. The van der Waals surface area contributed by atoms with Gasteiger partial charge in [-0.3, -0.25) is 0 Å². The molecule has 0 spiro atoms. The Balaban J connectivity index is 0.000000557. The number of esters is 1. The molecule has 17 heavy (non-hydrogen) atoms. The van der Waals surface area contributed by atoms with Gasteiger partial charge in [0.25, 0.3) is 0 Å². The summed E-state index contributed by atoms with van der Waals surface area (Å²) in [5.41, 5.74) is 0.962. The van der Waals surface area contributed by atoms with Crippen LogP contribution in [-0.4, -0.2) is 5.97 Å². The lowest BCUT2D eigenvalue weighted by Crippen LogP contribution is -1.92. The number of nitriles is 1. The second-order valence-corrected chi connectivity index (χ2v) is 2.68. The number of benzene rings is 1. The second kappa shape index (κ2) is 9.94. The number of ether oxygens (including phenoxy) is 1. The van der Waals surface area contributed by atoms with Gasteiger partial charge in [-0.05, 0) is 11.6 Å². The van der Waals surface area contributed by atoms with Crippen molar-refractivity contribution in [3.8, 4) is 6.07 Å². The first-order valence-electron chi connectivity index (χ1n) is 4.79. The SMILES string of the molecule is C=CC#N.C=COC(=O)/C=C/c1ccccc1. The highest BCUT2D eigenvalue weighted by Gasteiger charge is 1.91. The van der Waals surface area contributed by atoms with Crippen LogP contribution in [0.5, 0.6) is 0 Å². The molecule has 0 aromatic heterocycles. The highest BCUT2D eigenvalue weighted by molar-refractivity contribution is 5.87. The molecule has 0 N–H and O–H groups in total. The fourth-order valence-corrected chi connectivity index (χ4v) is 0.850. The van der Waals surface area contributed by atoms with E-state index < -0.39 is 5.97 Å². The third-order valence-electron chi connectivity index (χ3n) is 1.50. The van der Waals surface area contributed by atoms with E-state index in [4.69, 9.17) is 5.26 Å². The minimum Gasteiger partial charge on any atom is -0.432 e. The van der Waals surface area contributed by atoms with Crippen LogP contribution in [0.3, 0.4) is 0 Å². The maximum absolute atomic E-state index is 10.8. The zero-order valence-electron chi connectivity index (χ0n) is 9.37. The Labute approximate surface area is 101 Å². The van der Waals surface area contributed by atoms with Crippen molar-refractivity contribution in [3.05, 3.63) is 67.5 Å². The van der Waals surface area contributed by atoms with E-state index in [0.29, 0.717) is 0 Å². The molecule has 0 heterocycles. The smallest absolute Gasteiger partial charge is 0.335 e. The molecule has 1 rings (SSSR count). The lowest BCUT2D eigenvalue weighted by atomic mass is 10.2. The number of nitrogens with zero attached hydrogens (tertiary/aromatic N) is 1. The molecular formula is C14H13NO2. The molecule has 3 heteroatoms. The predicted octanol–water partition coefficient (Wildman–Crippen LogP) is 3.08. The van der Waals surface area contributed by atoms with Crippen LogP contribution in [0.2, 0.25) is 0 Å². The largest absolute Gasteiger partial charge is 0.432 e. The molecule has 0 radical (unpaired) electrons. The van der Waals surface area contributed by atoms with E-state index in [0.717, 1.165) is 11.8 Å². The van der Waals surface area contributed by atoms with E-state index in [1.165, 1.54) is 12.2 Å². The number of rotatable bonds is 3. The van der Waals surface area contributed by atoms with Gasteiger partial charge >= 0.3 is 5.97 Å². The fourth-order valence-electron chi connectivity index (χ4n) is 0.850. The molecule has 3 nitrogen and oxygen atoms in total. The Bertz CT molecular complexity index is 427. The molecule has 0 aliphatic carbocycles. The number of carbonyl (C=O) groups is 1. The van der Waals surface area contributed by atoms with Crippen LogP contribution in [0.1, 0.15) is 5.56 Å². The summed E-state index contributed by atoms with van der Waals surface area (Å²) in [4.78, 5) is 10.8. The van der Waals surface area contributed by atoms with Gasteiger partial charge in [-0.25, -0.2) is 4.79 Å². The van der Waals surface area contributed by atoms with Crippen molar-refractivity contribution >= 4 is 12.0 Å². The van der Waals surface area contributed by atoms with Gasteiger partial charge in [0, 0.05) is 12.2 Å². The zero-order chi connectivity index (χ0) is 12.9. The van der Waals surface area contributed by atoms with Gasteiger partial charge in [0.2, 0.25) is 0 Å². The Morgan fingerprint density at radius 3 is 2.35 bits per heavy atom. The first-order valence-corrected chi connectivity index (χ1v) is 4.79. The summed E-state index contributed by atoms with van der Waals surface area (Å²) >= 11 is 0. The van der Waals surface area contributed by atoms with Crippen molar-refractivity contribution < 1.29 is 9.53 Å². The Morgan fingerprint density at radius 1 is 1.29 bits per heavy atom. The molecule has 1 aromatic carbocycles. The van der Waals surface area contributed by atoms with Crippen molar-refractivity contribution in [2.24, 2.45) is 0 Å². The lowest BCUT2D eigenvalue weighted by Gasteiger charge is -1.91. The van der Waals surface area contributed by atoms with E-state index in [1.54, 1.807) is 12.1 Å². The third-order valence-corrected chi connectivity index (χ3v) is 1.50. The lowest BCUT2D eigenvalue weighted by molar-refractivity contribution is -0.132. The van der Waals surface area contributed by atoms with Crippen molar-refractivity contribution in [1.82, 2.24) is 0 Å². The van der Waals surface area contributed by atoms with Crippen LogP contribution in [0.4, 0.5) is 0 Å². The molecule has 0 aliphatic heterocycles. The van der Waals surface area contributed by atoms with Crippen LogP contribution >= 0.6 is 0 Å². The quantitative estimate of drug-likeness (QED) is 0.345. The molecule has 0 amide bonds. The zero-order valence-corrected chi connectivity index (χ0v) is 9.37. The monoisotopic (exact) mass is 227 g/mol. The standard InChI is InChI=1S/C11H10O2.C3H3N/c1-2-13-11(12)9-8-10-6-4-3-5-7-10;1-2-3-4/h2-9H,1H2;2H,1H2/b9-8+;. The molecule has 0 aliphatic rings. The van der Waals surface area contributed by atoms with E-state index in [9.17, 15) is 4.79 Å². The molecular weight excluding hydrogens is 214 g/mol. The average molecular weight is 227 g/mol. The van der Waals surface area contributed by atoms with Gasteiger partial charge in [0.15, 0.2) is 0 Å². The highest BCUT2D eigenvalue weighted by atomic mass is 16.5. The van der Waals surface area contributed by atoms with Crippen molar-refractivity contribution in [2.75, 3.05) is 0 Å². The number of hydrogen-bond acceptors (Lipinski definition) is 3. The minimum absolute atomic E-state index is 0.418. The van der Waals surface area contributed by atoms with Gasteiger partial charge < -0.3 is 4.74 Å². The van der Waals surface area contributed by atoms with Crippen LogP contribution in [0.25, 0.3) is 6.08 Å². The van der Waals surface area contributed by atoms with Gasteiger partial charge in [0.1, 0.15) is 0 Å². The number of hydrogen-bond donors (Lipinski definition) is 0. The van der Waals surface area contributed by atoms with Crippen molar-refractivity contribution in [1.29, 1.82) is 5.26 Å². The highest BCUT2D eigenvalue weighted by Crippen LogP contribution is 2.00. The third kappa shape index (κ3) is 8.40. The van der Waals surface area contributed by atoms with Gasteiger partial charge in [0.05, 0.1) is 12.3 Å². The molecule has 0 unspecified atom stereocenters. The molecule has 0 atom stereocenters. The number of carbonyl (C=O) groups excluding carboxylic acids is 1. The summed E-state index contributed by atoms with van der Waals surface area (Å²) in [5.74, 6) is -0.418. The van der Waals surface area contributed by atoms with E-state index in [2.05, 4.69) is 17.9 Å². The fraction of sp³-hybridized carbons (Fsp3) is 0. The maximum Gasteiger partial charge on any atom is 0.335 e. The van der Waals surface area contributed by atoms with Crippen LogP contribution in [0, 0.1) is 11.3 Å². The van der Waals surface area contributed by atoms with E-state index in [1.807, 2.05) is 30.3 Å². The topological polar surface area (TPSA) is 50.1 Å². The predicted molar refractivity (Wildman–Crippen MR) is 67.6 cm³/mol. The average Bonchev–Trinajstić information content (AvgIpc) is 2.38. The molecule has 0 saturated carbocycles. The Kier molecular flexibility index (Phi) is 8.42. The van der Waals surface area contributed by atoms with Crippen molar-refractivity contribution in [3.63, 3.8) is 0 Å². The molecule has 0 bridgehead atoms. The Morgan fingerprint density at radius 2 is 1.88 bits per heavy atom. The second-order valence-electron chi connectivity index (χ2n) is 2.68. The first-order chi connectivity index (χ1) is 8.24. The Hall–Kier alpha value is -2.60. The van der Waals surface area contributed by atoms with Gasteiger partial charge in [-0.1, -0.05) is 43.5 Å². The molecule has 86 valence electrons. The summed E-state index contributed by atoms with van der Waals surface area (Å²) in [5, 5.41) is 7.51. The van der Waals surface area contributed by atoms with Crippen LogP contribution in [-0.2, 0) is 9.53 Å². The van der Waals surface area contributed by atoms with Crippen LogP contribution < -0.4 is 0 Å². The summed E-state index contributed by atoms with van der Waals surface area (Å²) in [6, 6.07) is 11.2. The number of allylic oxidation sites excluding steroid dienone is 1. The normalized spacial score (nSPS) is 8.41. The molecule has 0 fully saturated rings. The van der Waals surface area contributed by atoms with E-state index in [-0.39, 0.29) is 0 Å². The maximum atomic E-state index is 10.8. The summed E-state index contributed by atoms with van der Waals surface area (Å²) in [6.07, 6.45) is 5.33. The van der Waals surface area contributed by atoms with Gasteiger partial charge in [-0.2, -0.15) is 5.26 Å². The molecule has 1 aromatic rings. The summed E-state index contributed by atoms with van der Waals surface area (Å²) in [7, 11) is 0. The van der Waals surface area contributed by atoms with Crippen molar-refractivity contribution in [2.45, 2.75) is 0 Å². The summed E-state index contributed by atoms with van der Waals surface area (Å²) in [6.45, 7) is 6.40. The van der Waals surface area contributed by atoms with Gasteiger partial charge in [-0.15, -0.1) is 0 Å². The minimum atomic E-state index is -0.418. The van der Waals surface area contributed by atoms with E-state index >= 15 is 0 Å². The van der Waals surface area contributed by atoms with Crippen LogP contribution in [0.15, 0.2) is 61.9 Å². The first kappa shape index (κ1) is 14.4. The molecule has 0 saturated heterocycles.